The lowest BCUT2D eigenvalue weighted by Gasteiger charge is -2.29. The van der Waals surface area contributed by atoms with Gasteiger partial charge < -0.3 is 23.8 Å². The number of ether oxygens (including phenoxy) is 4. The van der Waals surface area contributed by atoms with Gasteiger partial charge in [0.1, 0.15) is 12.2 Å². The molecule has 1 aromatic carbocycles. The van der Waals surface area contributed by atoms with Gasteiger partial charge in [0.15, 0.2) is 11.5 Å². The molecule has 3 heterocycles. The molecule has 4 rings (SSSR count). The number of hydrogen-bond acceptors (Lipinski definition) is 6. The maximum atomic E-state index is 12.2. The summed E-state index contributed by atoms with van der Waals surface area (Å²) in [6.45, 7) is 7.36. The van der Waals surface area contributed by atoms with Crippen LogP contribution >= 0.6 is 0 Å². The quantitative estimate of drug-likeness (QED) is 0.743. The zero-order valence-corrected chi connectivity index (χ0v) is 17.5. The van der Waals surface area contributed by atoms with Crippen molar-refractivity contribution in [1.82, 2.24) is 9.88 Å². The molecule has 1 amide bonds. The Labute approximate surface area is 176 Å². The number of benzene rings is 1. The molecule has 7 heteroatoms. The minimum Gasteiger partial charge on any atom is -0.473 e. The lowest BCUT2D eigenvalue weighted by atomic mass is 10.0. The van der Waals surface area contributed by atoms with E-state index in [4.69, 9.17) is 18.9 Å². The highest BCUT2D eigenvalue weighted by atomic mass is 16.7. The number of amides is 1. The molecule has 0 unspecified atom stereocenters. The maximum Gasteiger partial charge on any atom is 0.410 e. The van der Waals surface area contributed by atoms with E-state index in [1.54, 1.807) is 4.90 Å². The third kappa shape index (κ3) is 4.84. The molecule has 0 N–H and O–H groups in total. The highest BCUT2D eigenvalue weighted by Gasteiger charge is 2.24. The van der Waals surface area contributed by atoms with Gasteiger partial charge in [0, 0.05) is 19.2 Å². The van der Waals surface area contributed by atoms with Gasteiger partial charge in [-0.3, -0.25) is 0 Å². The molecular weight excluding hydrogens is 384 g/mol. The van der Waals surface area contributed by atoms with Crippen LogP contribution in [0.4, 0.5) is 4.79 Å². The SMILES string of the molecule is CC(C)(C)OC(=O)N1CC=C(c2cccc(OCc3ccc4c(c3)OCO4)n2)CC1. The van der Waals surface area contributed by atoms with Gasteiger partial charge in [0.05, 0.1) is 5.69 Å². The Morgan fingerprint density at radius 1 is 1.17 bits per heavy atom. The monoisotopic (exact) mass is 410 g/mol. The Kier molecular flexibility index (Phi) is 5.53. The summed E-state index contributed by atoms with van der Waals surface area (Å²) in [6, 6.07) is 11.5. The minimum absolute atomic E-state index is 0.254. The molecule has 0 radical (unpaired) electrons. The Bertz CT molecular complexity index is 964. The van der Waals surface area contributed by atoms with E-state index in [9.17, 15) is 4.79 Å². The van der Waals surface area contributed by atoms with Crippen LogP contribution in [-0.4, -0.2) is 41.5 Å². The fourth-order valence-corrected chi connectivity index (χ4v) is 3.26. The molecule has 7 nitrogen and oxygen atoms in total. The van der Waals surface area contributed by atoms with Crippen molar-refractivity contribution in [3.05, 3.63) is 53.7 Å². The second-order valence-electron chi connectivity index (χ2n) is 8.24. The van der Waals surface area contributed by atoms with Gasteiger partial charge in [-0.25, -0.2) is 9.78 Å². The molecule has 0 bridgehead atoms. The number of carbonyl (C=O) groups is 1. The Hall–Kier alpha value is -3.22. The summed E-state index contributed by atoms with van der Waals surface area (Å²) in [5.74, 6) is 2.05. The van der Waals surface area contributed by atoms with E-state index in [1.807, 2.05) is 63.2 Å². The van der Waals surface area contributed by atoms with Crippen LogP contribution in [-0.2, 0) is 11.3 Å². The van der Waals surface area contributed by atoms with Crippen LogP contribution < -0.4 is 14.2 Å². The number of rotatable bonds is 4. The molecule has 2 aliphatic heterocycles. The van der Waals surface area contributed by atoms with Crippen molar-refractivity contribution in [2.45, 2.75) is 39.4 Å². The van der Waals surface area contributed by atoms with Crippen LogP contribution in [0.1, 0.15) is 38.4 Å². The first-order chi connectivity index (χ1) is 14.4. The van der Waals surface area contributed by atoms with Gasteiger partial charge in [-0.1, -0.05) is 18.2 Å². The molecule has 2 aliphatic rings. The third-order valence-electron chi connectivity index (χ3n) is 4.74. The first kappa shape index (κ1) is 20.1. The molecule has 0 fully saturated rings. The van der Waals surface area contributed by atoms with Crippen molar-refractivity contribution in [2.75, 3.05) is 19.9 Å². The van der Waals surface area contributed by atoms with Gasteiger partial charge >= 0.3 is 6.09 Å². The number of pyridine rings is 1. The predicted octanol–water partition coefficient (Wildman–Crippen LogP) is 4.41. The van der Waals surface area contributed by atoms with Gasteiger partial charge in [-0.15, -0.1) is 0 Å². The number of carbonyl (C=O) groups excluding carboxylic acids is 1. The van der Waals surface area contributed by atoms with Crippen LogP contribution in [0.15, 0.2) is 42.5 Å². The smallest absolute Gasteiger partial charge is 0.410 e. The highest BCUT2D eigenvalue weighted by molar-refractivity contribution is 5.72. The molecule has 0 atom stereocenters. The van der Waals surface area contributed by atoms with Crippen LogP contribution in [0.5, 0.6) is 17.4 Å². The topological polar surface area (TPSA) is 70.1 Å². The van der Waals surface area contributed by atoms with Gasteiger partial charge in [0.2, 0.25) is 12.7 Å². The minimum atomic E-state index is -0.494. The number of hydrogen-bond donors (Lipinski definition) is 0. The zero-order chi connectivity index (χ0) is 21.1. The van der Waals surface area contributed by atoms with E-state index >= 15 is 0 Å². The Balaban J connectivity index is 1.37. The third-order valence-corrected chi connectivity index (χ3v) is 4.74. The molecule has 158 valence electrons. The van der Waals surface area contributed by atoms with Gasteiger partial charge in [-0.2, -0.15) is 0 Å². The standard InChI is InChI=1S/C23H26N2O5/c1-23(2,3)30-22(26)25-11-9-17(10-12-25)18-5-4-6-21(24-18)27-14-16-7-8-19-20(13-16)29-15-28-19/h4-9,13H,10-12,14-15H2,1-3H3. The van der Waals surface area contributed by atoms with Crippen LogP contribution in [0.2, 0.25) is 0 Å². The van der Waals surface area contributed by atoms with Crippen molar-refractivity contribution >= 4 is 11.7 Å². The van der Waals surface area contributed by atoms with E-state index in [-0.39, 0.29) is 12.9 Å². The van der Waals surface area contributed by atoms with Crippen molar-refractivity contribution < 1.29 is 23.7 Å². The molecule has 0 saturated carbocycles. The summed E-state index contributed by atoms with van der Waals surface area (Å²) in [4.78, 5) is 18.6. The van der Waals surface area contributed by atoms with E-state index < -0.39 is 5.60 Å². The first-order valence-electron chi connectivity index (χ1n) is 10.0. The van der Waals surface area contributed by atoms with E-state index in [0.29, 0.717) is 25.6 Å². The Morgan fingerprint density at radius 2 is 2.00 bits per heavy atom. The summed E-state index contributed by atoms with van der Waals surface area (Å²) < 4.78 is 22.1. The van der Waals surface area contributed by atoms with Crippen LogP contribution in [0, 0.1) is 0 Å². The fourth-order valence-electron chi connectivity index (χ4n) is 3.26. The summed E-state index contributed by atoms with van der Waals surface area (Å²) in [6.07, 6.45) is 2.46. The van der Waals surface area contributed by atoms with Crippen molar-refractivity contribution in [2.24, 2.45) is 0 Å². The number of nitrogens with zero attached hydrogens (tertiary/aromatic N) is 2. The second kappa shape index (κ2) is 8.26. The molecule has 30 heavy (non-hydrogen) atoms. The molecule has 0 spiro atoms. The van der Waals surface area contributed by atoms with E-state index in [2.05, 4.69) is 4.98 Å². The average molecular weight is 410 g/mol. The predicted molar refractivity (Wildman–Crippen MR) is 112 cm³/mol. The van der Waals surface area contributed by atoms with Gasteiger partial charge in [-0.05, 0) is 56.5 Å². The van der Waals surface area contributed by atoms with Crippen LogP contribution in [0.3, 0.4) is 0 Å². The summed E-state index contributed by atoms with van der Waals surface area (Å²) in [5.41, 5.74) is 2.45. The lowest BCUT2D eigenvalue weighted by Crippen LogP contribution is -2.39. The maximum absolute atomic E-state index is 12.2. The summed E-state index contributed by atoms with van der Waals surface area (Å²) in [5, 5.41) is 0. The van der Waals surface area contributed by atoms with Gasteiger partial charge in [0.25, 0.3) is 0 Å². The normalized spacial score (nSPS) is 15.6. The van der Waals surface area contributed by atoms with Crippen LogP contribution in [0.25, 0.3) is 5.57 Å². The van der Waals surface area contributed by atoms with E-state index in [0.717, 1.165) is 34.8 Å². The largest absolute Gasteiger partial charge is 0.473 e. The van der Waals surface area contributed by atoms with E-state index in [1.165, 1.54) is 0 Å². The second-order valence-corrected chi connectivity index (χ2v) is 8.24. The molecular formula is C23H26N2O5. The van der Waals surface area contributed by atoms with Crippen molar-refractivity contribution in [3.63, 3.8) is 0 Å². The van der Waals surface area contributed by atoms with Crippen molar-refractivity contribution in [1.29, 1.82) is 0 Å². The highest BCUT2D eigenvalue weighted by Crippen LogP contribution is 2.32. The molecule has 0 saturated heterocycles. The molecule has 2 aromatic rings. The first-order valence-corrected chi connectivity index (χ1v) is 10.0. The zero-order valence-electron chi connectivity index (χ0n) is 17.5. The lowest BCUT2D eigenvalue weighted by molar-refractivity contribution is 0.0270. The van der Waals surface area contributed by atoms with Crippen molar-refractivity contribution in [3.8, 4) is 17.4 Å². The fraction of sp³-hybridized carbons (Fsp3) is 0.391. The summed E-state index contributed by atoms with van der Waals surface area (Å²) >= 11 is 0. The Morgan fingerprint density at radius 3 is 2.77 bits per heavy atom. The number of aromatic nitrogens is 1. The summed E-state index contributed by atoms with van der Waals surface area (Å²) in [7, 11) is 0. The number of fused-ring (bicyclic) bond motifs is 1. The molecule has 1 aromatic heterocycles. The molecule has 0 aliphatic carbocycles. The average Bonchev–Trinajstić information content (AvgIpc) is 3.19.